The van der Waals surface area contributed by atoms with E-state index in [2.05, 4.69) is 36.7 Å². The summed E-state index contributed by atoms with van der Waals surface area (Å²) in [5, 5.41) is 41.1. The van der Waals surface area contributed by atoms with Gasteiger partial charge in [-0.05, 0) is 78.4 Å². The molecule has 0 bridgehead atoms. The summed E-state index contributed by atoms with van der Waals surface area (Å²) in [6.45, 7) is 23.7. The topological polar surface area (TPSA) is 238 Å². The van der Waals surface area contributed by atoms with Gasteiger partial charge in [0.05, 0.1) is 19.8 Å². The number of methoxy groups -OCH3 is 1. The van der Waals surface area contributed by atoms with E-state index in [-0.39, 0.29) is 42.7 Å². The van der Waals surface area contributed by atoms with Crippen LogP contribution < -0.4 is 31.9 Å². The number of hydrogen-bond donors (Lipinski definition) is 6. The number of nitrogens with zero attached hydrogens (tertiary/aromatic N) is 2. The molecule has 378 valence electrons. The van der Waals surface area contributed by atoms with Crippen LogP contribution in [0.2, 0.25) is 36.3 Å². The van der Waals surface area contributed by atoms with E-state index >= 15 is 0 Å². The van der Waals surface area contributed by atoms with E-state index in [0.29, 0.717) is 11.3 Å². The SMILES string of the molecule is COc1ccc(Cn2c(=O)ccn([C@@H]3OC([C@H](O)[C@H](NCCCNC(=O)[C@@H](NC(=O)OCc4ccccc4)[C@@H](O)C(C)C)C(=O)O)[C@@H](O[Si](C)(C)C(C)(C)C)[C@H]3O[Si](C)(C)C(C)(C)C)c2=O)cc1. The van der Waals surface area contributed by atoms with Crippen LogP contribution in [0.5, 0.6) is 5.75 Å². The molecule has 8 atom stereocenters. The molecule has 18 nitrogen and oxygen atoms in total. The summed E-state index contributed by atoms with van der Waals surface area (Å²) in [4.78, 5) is 66.9. The Morgan fingerprint density at radius 3 is 1.94 bits per heavy atom. The van der Waals surface area contributed by atoms with Gasteiger partial charge >= 0.3 is 17.8 Å². The molecule has 1 aromatic heterocycles. The quantitative estimate of drug-likeness (QED) is 0.0577. The Morgan fingerprint density at radius 2 is 1.40 bits per heavy atom. The molecule has 2 aromatic carbocycles. The lowest BCUT2D eigenvalue weighted by Crippen LogP contribution is -2.59. The Labute approximate surface area is 401 Å². The Hall–Kier alpha value is -4.68. The molecule has 1 fully saturated rings. The highest BCUT2D eigenvalue weighted by atomic mass is 28.4. The van der Waals surface area contributed by atoms with E-state index in [1.807, 2.05) is 53.0 Å². The predicted molar refractivity (Wildman–Crippen MR) is 263 cm³/mol. The standard InChI is InChI=1S/C48H75N5O13Si2/c1-30(2)37(55)35(51-45(60)63-29-32-18-15-14-16-19-32)42(57)50-26-17-25-49-36(44(58)59)38(56)39-40(65-67(10,11)47(3,4)5)41(66-68(12,13)48(6,7)8)43(64-39)52-27-24-34(54)53(46(52)61)28-31-20-22-33(62-9)23-21-31/h14-16,18-24,27,30,35-41,43,49,55-56H,17,25-26,28-29H2,1-13H3,(H,50,57)(H,51,60)(H,58,59)/t35-,36-,37-,38+,39?,40+,41+,43+/m0/s1. The van der Waals surface area contributed by atoms with Crippen molar-refractivity contribution in [2.24, 2.45) is 5.92 Å². The Balaban J connectivity index is 1.62. The smallest absolute Gasteiger partial charge is 0.408 e. The van der Waals surface area contributed by atoms with Crippen molar-refractivity contribution in [1.82, 2.24) is 25.1 Å². The van der Waals surface area contributed by atoms with Crippen molar-refractivity contribution in [3.63, 3.8) is 0 Å². The molecule has 1 aliphatic heterocycles. The third-order valence-electron chi connectivity index (χ3n) is 13.3. The lowest BCUT2D eigenvalue weighted by Gasteiger charge is -2.44. The zero-order valence-corrected chi connectivity index (χ0v) is 43.9. The van der Waals surface area contributed by atoms with Gasteiger partial charge in [0.2, 0.25) is 5.91 Å². The first-order valence-electron chi connectivity index (χ1n) is 23.1. The van der Waals surface area contributed by atoms with Gasteiger partial charge in [0.15, 0.2) is 22.9 Å². The number of carboxylic acids is 1. The second kappa shape index (κ2) is 23.3. The number of carbonyl (C=O) groups is 3. The first-order valence-corrected chi connectivity index (χ1v) is 28.9. The number of ether oxygens (including phenoxy) is 3. The maximum absolute atomic E-state index is 14.5. The van der Waals surface area contributed by atoms with Gasteiger partial charge in [0.1, 0.15) is 48.9 Å². The first-order chi connectivity index (χ1) is 31.6. The molecule has 68 heavy (non-hydrogen) atoms. The number of hydrogen-bond acceptors (Lipinski definition) is 13. The van der Waals surface area contributed by atoms with Crippen molar-refractivity contribution in [3.05, 3.63) is 98.8 Å². The second-order valence-electron chi connectivity index (χ2n) is 20.8. The average molecular weight is 986 g/mol. The van der Waals surface area contributed by atoms with Crippen LogP contribution >= 0.6 is 0 Å². The number of amides is 2. The molecule has 0 spiro atoms. The van der Waals surface area contributed by atoms with Gasteiger partial charge in [0.25, 0.3) is 5.56 Å². The Bertz CT molecular complexity index is 2260. The summed E-state index contributed by atoms with van der Waals surface area (Å²) in [6, 6.07) is 14.2. The first kappa shape index (κ1) is 55.9. The minimum absolute atomic E-state index is 0.00696. The summed E-state index contributed by atoms with van der Waals surface area (Å²) in [6.07, 6.45) is -7.18. The molecule has 2 heterocycles. The van der Waals surface area contributed by atoms with Gasteiger partial charge in [-0.1, -0.05) is 97.9 Å². The summed E-state index contributed by atoms with van der Waals surface area (Å²) in [5.41, 5.74) is 0.141. The number of alkyl carbamates (subject to hydrolysis) is 1. The summed E-state index contributed by atoms with van der Waals surface area (Å²) in [5.74, 6) is -1.87. The molecule has 2 amide bonds. The minimum Gasteiger partial charge on any atom is -0.497 e. The van der Waals surface area contributed by atoms with Crippen molar-refractivity contribution < 1.29 is 52.8 Å². The molecule has 3 aromatic rings. The molecule has 6 N–H and O–H groups in total. The van der Waals surface area contributed by atoms with Gasteiger partial charge in [-0.25, -0.2) is 9.59 Å². The van der Waals surface area contributed by atoms with Crippen LogP contribution in [0, 0.1) is 5.92 Å². The van der Waals surface area contributed by atoms with Gasteiger partial charge in [-0.3, -0.25) is 23.5 Å². The molecule has 1 saturated heterocycles. The summed E-state index contributed by atoms with van der Waals surface area (Å²) >= 11 is 0. The number of rotatable bonds is 22. The van der Waals surface area contributed by atoms with Gasteiger partial charge in [-0.15, -0.1) is 0 Å². The van der Waals surface area contributed by atoms with E-state index in [4.69, 9.17) is 23.1 Å². The second-order valence-corrected chi connectivity index (χ2v) is 30.3. The van der Waals surface area contributed by atoms with Crippen molar-refractivity contribution in [1.29, 1.82) is 0 Å². The molecule has 20 heteroatoms. The van der Waals surface area contributed by atoms with E-state index < -0.39 is 101 Å². The van der Waals surface area contributed by atoms with Crippen LogP contribution in [0.15, 0.2) is 76.4 Å². The maximum Gasteiger partial charge on any atom is 0.408 e. The largest absolute Gasteiger partial charge is 0.497 e. The fourth-order valence-corrected chi connectivity index (χ4v) is 9.62. The average Bonchev–Trinajstić information content (AvgIpc) is 3.59. The summed E-state index contributed by atoms with van der Waals surface area (Å²) in [7, 11) is -4.00. The number of aliphatic hydroxyl groups is 2. The van der Waals surface area contributed by atoms with Crippen LogP contribution in [-0.2, 0) is 41.1 Å². The monoisotopic (exact) mass is 985 g/mol. The molecule has 0 aliphatic carbocycles. The fraction of sp³-hybridized carbons (Fsp3) is 0.604. The van der Waals surface area contributed by atoms with Crippen LogP contribution in [-0.4, -0.2) is 122 Å². The highest BCUT2D eigenvalue weighted by Gasteiger charge is 2.57. The van der Waals surface area contributed by atoms with Crippen LogP contribution in [0.4, 0.5) is 4.79 Å². The van der Waals surface area contributed by atoms with E-state index in [9.17, 15) is 39.3 Å². The number of aliphatic hydroxyl groups excluding tert-OH is 2. The number of aromatic nitrogens is 2. The van der Waals surface area contributed by atoms with E-state index in [1.165, 1.54) is 23.9 Å². The predicted octanol–water partition coefficient (Wildman–Crippen LogP) is 4.97. The maximum atomic E-state index is 14.5. The minimum atomic E-state index is -2.78. The molecular formula is C48H75N5O13Si2. The number of benzene rings is 2. The number of aliphatic carboxylic acids is 1. The number of nitrogens with one attached hydrogen (secondary N) is 3. The van der Waals surface area contributed by atoms with Gasteiger partial charge < -0.3 is 54.3 Å². The third kappa shape index (κ3) is 14.2. The lowest BCUT2D eigenvalue weighted by atomic mass is 9.99. The normalized spacial score (nSPS) is 19.8. The Kier molecular flexibility index (Phi) is 19.1. The zero-order valence-electron chi connectivity index (χ0n) is 41.9. The highest BCUT2D eigenvalue weighted by Crippen LogP contribution is 2.46. The van der Waals surface area contributed by atoms with Crippen molar-refractivity contribution in [2.75, 3.05) is 20.2 Å². The fourth-order valence-electron chi connectivity index (χ4n) is 7.04. The summed E-state index contributed by atoms with van der Waals surface area (Å²) < 4.78 is 33.8. The van der Waals surface area contributed by atoms with E-state index in [0.717, 1.165) is 10.1 Å². The van der Waals surface area contributed by atoms with Crippen LogP contribution in [0.1, 0.15) is 79.2 Å². The molecule has 0 radical (unpaired) electrons. The van der Waals surface area contributed by atoms with Crippen molar-refractivity contribution in [3.8, 4) is 5.75 Å². The van der Waals surface area contributed by atoms with Gasteiger partial charge in [0, 0.05) is 18.8 Å². The van der Waals surface area contributed by atoms with Gasteiger partial charge in [-0.2, -0.15) is 0 Å². The van der Waals surface area contributed by atoms with Crippen molar-refractivity contribution >= 4 is 34.6 Å². The number of carboxylic acid groups (broad SMARTS) is 1. The zero-order chi connectivity index (χ0) is 50.9. The van der Waals surface area contributed by atoms with E-state index in [1.54, 1.807) is 62.4 Å². The third-order valence-corrected chi connectivity index (χ3v) is 22.3. The Morgan fingerprint density at radius 1 is 0.809 bits per heavy atom. The molecule has 4 rings (SSSR count). The number of carbonyl (C=O) groups excluding carboxylic acids is 2. The highest BCUT2D eigenvalue weighted by molar-refractivity contribution is 6.74. The molecular weight excluding hydrogens is 911 g/mol. The lowest BCUT2D eigenvalue weighted by molar-refractivity contribution is -0.149. The van der Waals surface area contributed by atoms with Crippen LogP contribution in [0.3, 0.4) is 0 Å². The molecule has 0 saturated carbocycles. The van der Waals surface area contributed by atoms with Crippen molar-refractivity contribution in [2.45, 2.75) is 160 Å². The van der Waals surface area contributed by atoms with Crippen LogP contribution in [0.25, 0.3) is 0 Å². The molecule has 1 aliphatic rings. The molecule has 1 unspecified atom stereocenters.